The van der Waals surface area contributed by atoms with Crippen molar-refractivity contribution in [3.05, 3.63) is 29.8 Å². The largest absolute Gasteiger partial charge is 0.466 e. The summed E-state index contributed by atoms with van der Waals surface area (Å²) in [6.07, 6.45) is 2.83. The Kier molecular flexibility index (Phi) is 6.64. The van der Waals surface area contributed by atoms with Crippen LogP contribution >= 0.6 is 23.5 Å². The smallest absolute Gasteiger partial charge is 0.307 e. The lowest BCUT2D eigenvalue weighted by Crippen LogP contribution is -2.38. The number of hydrogen-bond acceptors (Lipinski definition) is 5. The number of carbonyl (C=O) groups excluding carboxylic acids is 2. The van der Waals surface area contributed by atoms with E-state index in [0.29, 0.717) is 19.6 Å². The molecule has 22 heavy (non-hydrogen) atoms. The van der Waals surface area contributed by atoms with E-state index < -0.39 is 0 Å². The van der Waals surface area contributed by atoms with E-state index in [9.17, 15) is 9.59 Å². The fourth-order valence-corrected chi connectivity index (χ4v) is 4.03. The van der Waals surface area contributed by atoms with Crippen molar-refractivity contribution >= 4 is 35.4 Å². The summed E-state index contributed by atoms with van der Waals surface area (Å²) in [4.78, 5) is 26.8. The average Bonchev–Trinajstić information content (AvgIpc) is 2.54. The van der Waals surface area contributed by atoms with Gasteiger partial charge in [-0.05, 0) is 30.9 Å². The molecular formula is C16H21NO3S2. The maximum absolute atomic E-state index is 12.2. The van der Waals surface area contributed by atoms with E-state index in [4.69, 9.17) is 4.74 Å². The van der Waals surface area contributed by atoms with Gasteiger partial charge in [0.1, 0.15) is 5.37 Å². The Labute approximate surface area is 140 Å². The molecule has 0 aliphatic carbocycles. The summed E-state index contributed by atoms with van der Waals surface area (Å²) in [5.74, 6) is 0.688. The molecular weight excluding hydrogens is 318 g/mol. The number of benzene rings is 1. The number of ether oxygens (including phenoxy) is 1. The van der Waals surface area contributed by atoms with Crippen LogP contribution < -0.4 is 0 Å². The number of nitrogens with zero attached hydrogens (tertiary/aromatic N) is 1. The van der Waals surface area contributed by atoms with Gasteiger partial charge >= 0.3 is 5.97 Å². The maximum Gasteiger partial charge on any atom is 0.307 e. The molecule has 1 aliphatic rings. The van der Waals surface area contributed by atoms with Crippen molar-refractivity contribution in [2.45, 2.75) is 30.0 Å². The monoisotopic (exact) mass is 339 g/mol. The molecule has 1 aromatic carbocycles. The fraction of sp³-hybridized carbons (Fsp3) is 0.500. The number of thioether (sulfide) groups is 2. The van der Waals surface area contributed by atoms with Crippen molar-refractivity contribution in [2.75, 3.05) is 25.2 Å². The van der Waals surface area contributed by atoms with E-state index in [1.807, 2.05) is 6.26 Å². The summed E-state index contributed by atoms with van der Waals surface area (Å²) >= 11 is 3.45. The van der Waals surface area contributed by atoms with Crippen LogP contribution in [0.1, 0.15) is 30.7 Å². The molecule has 0 aromatic heterocycles. The van der Waals surface area contributed by atoms with E-state index in [2.05, 4.69) is 24.3 Å². The molecule has 1 unspecified atom stereocenters. The highest BCUT2D eigenvalue weighted by atomic mass is 32.2. The molecule has 1 saturated heterocycles. The van der Waals surface area contributed by atoms with Gasteiger partial charge < -0.3 is 9.64 Å². The second kappa shape index (κ2) is 8.48. The number of rotatable bonds is 6. The van der Waals surface area contributed by atoms with Crippen LogP contribution in [0.2, 0.25) is 0 Å². The summed E-state index contributed by atoms with van der Waals surface area (Å²) in [7, 11) is 0. The van der Waals surface area contributed by atoms with E-state index >= 15 is 0 Å². The first-order chi connectivity index (χ1) is 10.7. The van der Waals surface area contributed by atoms with E-state index in [0.717, 1.165) is 11.3 Å². The Bertz CT molecular complexity index is 519. The van der Waals surface area contributed by atoms with Gasteiger partial charge in [0.2, 0.25) is 5.91 Å². The predicted octanol–water partition coefficient (Wildman–Crippen LogP) is 3.33. The SMILES string of the molecule is CCOC(=O)CCN1C(=O)CCSC1c1ccc(SC)cc1. The van der Waals surface area contributed by atoms with Crippen molar-refractivity contribution in [2.24, 2.45) is 0 Å². The summed E-state index contributed by atoms with van der Waals surface area (Å²) in [6.45, 7) is 2.58. The minimum Gasteiger partial charge on any atom is -0.466 e. The molecule has 1 atom stereocenters. The molecule has 1 aliphatic heterocycles. The van der Waals surface area contributed by atoms with Crippen LogP contribution in [0.4, 0.5) is 0 Å². The summed E-state index contributed by atoms with van der Waals surface area (Å²) in [5.41, 5.74) is 1.11. The van der Waals surface area contributed by atoms with Gasteiger partial charge in [0.15, 0.2) is 0 Å². The molecule has 6 heteroatoms. The predicted molar refractivity (Wildman–Crippen MR) is 91.0 cm³/mol. The van der Waals surface area contributed by atoms with Crippen LogP contribution in [0.25, 0.3) is 0 Å². The lowest BCUT2D eigenvalue weighted by molar-refractivity contribution is -0.144. The molecule has 4 nitrogen and oxygen atoms in total. The van der Waals surface area contributed by atoms with Crippen molar-refractivity contribution in [3.8, 4) is 0 Å². The standard InChI is InChI=1S/C16H21NO3S2/c1-3-20-15(19)8-10-17-14(18)9-11-22-16(17)12-4-6-13(21-2)7-5-12/h4-7,16H,3,8-11H2,1-2H3. The van der Waals surface area contributed by atoms with E-state index in [1.165, 1.54) is 4.90 Å². The molecule has 1 heterocycles. The van der Waals surface area contributed by atoms with Crippen molar-refractivity contribution in [1.82, 2.24) is 4.90 Å². The Morgan fingerprint density at radius 3 is 2.77 bits per heavy atom. The second-order valence-corrected chi connectivity index (χ2v) is 6.96. The molecule has 0 N–H and O–H groups in total. The third-order valence-corrected chi connectivity index (χ3v) is 5.48. The Morgan fingerprint density at radius 2 is 2.14 bits per heavy atom. The summed E-state index contributed by atoms with van der Waals surface area (Å²) in [5, 5.41) is -0.00779. The van der Waals surface area contributed by atoms with Crippen LogP contribution in [0.15, 0.2) is 29.2 Å². The molecule has 0 bridgehead atoms. The highest BCUT2D eigenvalue weighted by molar-refractivity contribution is 7.99. The second-order valence-electron chi connectivity index (χ2n) is 4.89. The van der Waals surface area contributed by atoms with Crippen LogP contribution in [0.3, 0.4) is 0 Å². The first-order valence-corrected chi connectivity index (χ1v) is 9.63. The first-order valence-electron chi connectivity index (χ1n) is 7.36. The molecule has 1 aromatic rings. The van der Waals surface area contributed by atoms with Crippen LogP contribution in [-0.4, -0.2) is 41.9 Å². The van der Waals surface area contributed by atoms with Gasteiger partial charge in [-0.15, -0.1) is 23.5 Å². The highest BCUT2D eigenvalue weighted by Gasteiger charge is 2.30. The number of carbonyl (C=O) groups is 2. The Hall–Kier alpha value is -1.14. The van der Waals surface area contributed by atoms with Gasteiger partial charge in [0, 0.05) is 23.6 Å². The lowest BCUT2D eigenvalue weighted by Gasteiger charge is -2.35. The minimum atomic E-state index is -0.248. The van der Waals surface area contributed by atoms with Gasteiger partial charge in [-0.1, -0.05) is 12.1 Å². The zero-order valence-electron chi connectivity index (χ0n) is 12.9. The zero-order chi connectivity index (χ0) is 15.9. The molecule has 2 rings (SSSR count). The van der Waals surface area contributed by atoms with Crippen LogP contribution in [0, 0.1) is 0 Å². The normalized spacial score (nSPS) is 18.4. The van der Waals surface area contributed by atoms with Crippen molar-refractivity contribution in [3.63, 3.8) is 0 Å². The van der Waals surface area contributed by atoms with Gasteiger partial charge in [-0.3, -0.25) is 9.59 Å². The molecule has 1 fully saturated rings. The number of esters is 1. The molecule has 0 spiro atoms. The molecule has 120 valence electrons. The van der Waals surface area contributed by atoms with E-state index in [-0.39, 0.29) is 23.7 Å². The lowest BCUT2D eigenvalue weighted by atomic mass is 10.2. The first kappa shape index (κ1) is 17.2. The molecule has 0 radical (unpaired) electrons. The van der Waals surface area contributed by atoms with Gasteiger partial charge in [-0.25, -0.2) is 0 Å². The number of amides is 1. The van der Waals surface area contributed by atoms with Gasteiger partial charge in [0.05, 0.1) is 13.0 Å². The van der Waals surface area contributed by atoms with Crippen LogP contribution in [-0.2, 0) is 14.3 Å². The minimum absolute atomic E-state index is 0.00779. The molecule has 1 amide bonds. The third-order valence-electron chi connectivity index (χ3n) is 3.46. The van der Waals surface area contributed by atoms with Gasteiger partial charge in [-0.2, -0.15) is 0 Å². The van der Waals surface area contributed by atoms with Crippen molar-refractivity contribution in [1.29, 1.82) is 0 Å². The fourth-order valence-electron chi connectivity index (χ4n) is 2.35. The third kappa shape index (κ3) is 4.43. The van der Waals surface area contributed by atoms with E-state index in [1.54, 1.807) is 35.3 Å². The quantitative estimate of drug-likeness (QED) is 0.588. The average molecular weight is 339 g/mol. The summed E-state index contributed by atoms with van der Waals surface area (Å²) in [6, 6.07) is 8.28. The van der Waals surface area contributed by atoms with Crippen molar-refractivity contribution < 1.29 is 14.3 Å². The van der Waals surface area contributed by atoms with Crippen LogP contribution in [0.5, 0.6) is 0 Å². The Morgan fingerprint density at radius 1 is 1.41 bits per heavy atom. The maximum atomic E-state index is 12.2. The number of hydrogen-bond donors (Lipinski definition) is 0. The zero-order valence-corrected chi connectivity index (χ0v) is 14.5. The topological polar surface area (TPSA) is 46.6 Å². The highest BCUT2D eigenvalue weighted by Crippen LogP contribution is 2.37. The Balaban J connectivity index is 2.08. The van der Waals surface area contributed by atoms with Gasteiger partial charge in [0.25, 0.3) is 0 Å². The summed E-state index contributed by atoms with van der Waals surface area (Å²) < 4.78 is 4.95. The molecule has 0 saturated carbocycles.